The molecule has 3 aliphatic rings. The van der Waals surface area contributed by atoms with Gasteiger partial charge in [-0.15, -0.1) is 0 Å². The van der Waals surface area contributed by atoms with E-state index in [4.69, 9.17) is 9.73 Å². The van der Waals surface area contributed by atoms with Crippen LogP contribution < -0.4 is 15.4 Å². The van der Waals surface area contributed by atoms with Crippen LogP contribution in [0.4, 0.5) is 10.5 Å². The first-order chi connectivity index (χ1) is 13.4. The molecule has 1 aromatic rings. The van der Waals surface area contributed by atoms with Gasteiger partial charge in [-0.2, -0.15) is 0 Å². The van der Waals surface area contributed by atoms with Crippen molar-refractivity contribution in [2.24, 2.45) is 4.99 Å². The average molecular weight is 384 g/mol. The number of para-hydroxylation sites is 2. The van der Waals surface area contributed by atoms with Crippen LogP contribution in [0.5, 0.6) is 5.75 Å². The Labute approximate surface area is 163 Å². The highest BCUT2D eigenvalue weighted by Gasteiger charge is 2.52. The van der Waals surface area contributed by atoms with E-state index in [0.29, 0.717) is 19.0 Å². The van der Waals surface area contributed by atoms with Gasteiger partial charge in [0.05, 0.1) is 12.8 Å². The summed E-state index contributed by atoms with van der Waals surface area (Å²) in [7, 11) is 3.30. The van der Waals surface area contributed by atoms with Crippen molar-refractivity contribution in [1.82, 2.24) is 20.0 Å². The van der Waals surface area contributed by atoms with Crippen molar-refractivity contribution in [2.75, 3.05) is 32.6 Å². The summed E-state index contributed by atoms with van der Waals surface area (Å²) in [6.07, 6.45) is -0.510. The SMILES string of the molecule is COc1ccccc1NCCN1C2=NC3C(C(=O)NC(=O)N3C)N2C(C)=C1C. The van der Waals surface area contributed by atoms with Crippen molar-refractivity contribution in [3.63, 3.8) is 0 Å². The fraction of sp³-hybridized carbons (Fsp3) is 0.421. The second kappa shape index (κ2) is 6.74. The Hall–Kier alpha value is -3.23. The van der Waals surface area contributed by atoms with E-state index in [9.17, 15) is 9.59 Å². The number of nitrogens with zero attached hydrogens (tertiary/aromatic N) is 4. The fourth-order valence-electron chi connectivity index (χ4n) is 3.89. The Bertz CT molecular complexity index is 895. The highest BCUT2D eigenvalue weighted by molar-refractivity contribution is 6.05. The third-order valence-electron chi connectivity index (χ3n) is 5.53. The molecule has 9 heteroatoms. The molecule has 2 unspecified atom stereocenters. The number of imide groups is 1. The number of allylic oxidation sites excluding steroid dienone is 2. The van der Waals surface area contributed by atoms with Gasteiger partial charge in [-0.05, 0) is 26.0 Å². The van der Waals surface area contributed by atoms with E-state index >= 15 is 0 Å². The third kappa shape index (κ3) is 2.65. The van der Waals surface area contributed by atoms with Gasteiger partial charge in [-0.1, -0.05) is 12.1 Å². The Morgan fingerprint density at radius 1 is 1.21 bits per heavy atom. The van der Waals surface area contributed by atoms with E-state index in [-0.39, 0.29) is 5.91 Å². The molecule has 1 fully saturated rings. The van der Waals surface area contributed by atoms with Gasteiger partial charge >= 0.3 is 6.03 Å². The molecular weight excluding hydrogens is 360 g/mol. The molecule has 148 valence electrons. The third-order valence-corrected chi connectivity index (χ3v) is 5.53. The summed E-state index contributed by atoms with van der Waals surface area (Å²) in [5.74, 6) is 1.19. The van der Waals surface area contributed by atoms with Crippen molar-refractivity contribution < 1.29 is 14.3 Å². The first-order valence-corrected chi connectivity index (χ1v) is 9.20. The molecule has 1 aromatic carbocycles. The second-order valence-electron chi connectivity index (χ2n) is 7.01. The molecule has 1 saturated heterocycles. The summed E-state index contributed by atoms with van der Waals surface area (Å²) in [6.45, 7) is 5.32. The molecule has 3 aliphatic heterocycles. The predicted molar refractivity (Wildman–Crippen MR) is 105 cm³/mol. The molecule has 0 aromatic heterocycles. The Kier molecular flexibility index (Phi) is 4.37. The maximum Gasteiger partial charge on any atom is 0.325 e. The zero-order chi connectivity index (χ0) is 20.0. The molecular formula is C19H24N6O3. The van der Waals surface area contributed by atoms with Gasteiger partial charge in [0.15, 0.2) is 12.2 Å². The Morgan fingerprint density at radius 2 is 1.96 bits per heavy atom. The number of anilines is 1. The van der Waals surface area contributed by atoms with E-state index in [1.54, 1.807) is 14.2 Å². The number of amides is 3. The van der Waals surface area contributed by atoms with Crippen molar-refractivity contribution >= 4 is 23.6 Å². The van der Waals surface area contributed by atoms with Crippen LogP contribution in [0.25, 0.3) is 0 Å². The van der Waals surface area contributed by atoms with Crippen molar-refractivity contribution in [2.45, 2.75) is 26.1 Å². The molecule has 9 nitrogen and oxygen atoms in total. The zero-order valence-electron chi connectivity index (χ0n) is 16.4. The molecule has 0 spiro atoms. The number of likely N-dealkylation sites (N-methyl/N-ethyl adjacent to an activating group) is 1. The lowest BCUT2D eigenvalue weighted by atomic mass is 10.1. The van der Waals surface area contributed by atoms with Gasteiger partial charge in [-0.25, -0.2) is 9.79 Å². The summed E-state index contributed by atoms with van der Waals surface area (Å²) in [5, 5.41) is 5.79. The van der Waals surface area contributed by atoms with Crippen LogP contribution in [0.2, 0.25) is 0 Å². The summed E-state index contributed by atoms with van der Waals surface area (Å²) < 4.78 is 5.37. The summed E-state index contributed by atoms with van der Waals surface area (Å²) in [6, 6.07) is 6.81. The molecule has 28 heavy (non-hydrogen) atoms. The summed E-state index contributed by atoms with van der Waals surface area (Å²) in [4.78, 5) is 34.6. The van der Waals surface area contributed by atoms with Crippen molar-refractivity contribution in [3.8, 4) is 5.75 Å². The monoisotopic (exact) mass is 384 g/mol. The average Bonchev–Trinajstić information content (AvgIpc) is 3.18. The maximum absolute atomic E-state index is 12.5. The first-order valence-electron chi connectivity index (χ1n) is 9.20. The van der Waals surface area contributed by atoms with Crippen LogP contribution in [-0.2, 0) is 4.79 Å². The van der Waals surface area contributed by atoms with Crippen LogP contribution in [-0.4, -0.2) is 72.1 Å². The number of hydrogen-bond donors (Lipinski definition) is 2. The number of fused-ring (bicyclic) bond motifs is 3. The molecule has 0 bridgehead atoms. The number of methoxy groups -OCH3 is 1. The van der Waals surface area contributed by atoms with Gasteiger partial charge < -0.3 is 19.9 Å². The van der Waals surface area contributed by atoms with Crippen LogP contribution in [0.1, 0.15) is 13.8 Å². The van der Waals surface area contributed by atoms with Gasteiger partial charge in [-0.3, -0.25) is 15.0 Å². The topological polar surface area (TPSA) is 89.5 Å². The number of guanidine groups is 1. The smallest absolute Gasteiger partial charge is 0.325 e. The fourth-order valence-corrected chi connectivity index (χ4v) is 3.89. The van der Waals surface area contributed by atoms with Crippen LogP contribution >= 0.6 is 0 Å². The van der Waals surface area contributed by atoms with Crippen molar-refractivity contribution in [3.05, 3.63) is 35.7 Å². The molecule has 0 aliphatic carbocycles. The highest BCUT2D eigenvalue weighted by Crippen LogP contribution is 2.35. The van der Waals surface area contributed by atoms with Crippen LogP contribution in [0.15, 0.2) is 40.7 Å². The van der Waals surface area contributed by atoms with E-state index in [1.165, 1.54) is 4.90 Å². The van der Waals surface area contributed by atoms with Crippen molar-refractivity contribution in [1.29, 1.82) is 0 Å². The first kappa shape index (κ1) is 18.1. The largest absolute Gasteiger partial charge is 0.495 e. The lowest BCUT2D eigenvalue weighted by Crippen LogP contribution is -2.63. The molecule has 3 amide bonds. The normalized spacial score (nSPS) is 23.6. The number of benzene rings is 1. The molecule has 2 atom stereocenters. The molecule has 0 radical (unpaired) electrons. The van der Waals surface area contributed by atoms with E-state index < -0.39 is 18.2 Å². The van der Waals surface area contributed by atoms with E-state index in [2.05, 4.69) is 15.5 Å². The minimum absolute atomic E-state index is 0.312. The van der Waals surface area contributed by atoms with Gasteiger partial charge in [0.2, 0.25) is 5.96 Å². The standard InChI is InChI=1S/C19H24N6O3/c1-11-12(2)25-15-16(23(3)19(27)22-17(15)26)21-18(25)24(11)10-9-20-13-7-5-6-8-14(13)28-4/h5-8,15-16,20H,9-10H2,1-4H3,(H,22,26,27). The van der Waals surface area contributed by atoms with Gasteiger partial charge in [0.25, 0.3) is 5.91 Å². The zero-order valence-corrected chi connectivity index (χ0v) is 16.4. The lowest BCUT2D eigenvalue weighted by molar-refractivity contribution is -0.126. The molecule has 3 heterocycles. The lowest BCUT2D eigenvalue weighted by Gasteiger charge is -2.35. The number of rotatable bonds is 5. The minimum atomic E-state index is -0.528. The number of hydrogen-bond acceptors (Lipinski definition) is 7. The number of carbonyl (C=O) groups excluding carboxylic acids is 2. The van der Waals surface area contributed by atoms with Crippen LogP contribution in [0.3, 0.4) is 0 Å². The number of aliphatic imine (C=N–C) groups is 1. The van der Waals surface area contributed by atoms with E-state index in [0.717, 1.165) is 22.8 Å². The predicted octanol–water partition coefficient (Wildman–Crippen LogP) is 1.22. The quantitative estimate of drug-likeness (QED) is 0.794. The highest BCUT2D eigenvalue weighted by atomic mass is 16.5. The molecule has 4 rings (SSSR count). The minimum Gasteiger partial charge on any atom is -0.495 e. The van der Waals surface area contributed by atoms with Gasteiger partial charge in [0, 0.05) is 31.5 Å². The van der Waals surface area contributed by atoms with Gasteiger partial charge in [0.1, 0.15) is 5.75 Å². The van der Waals surface area contributed by atoms with Crippen LogP contribution in [0, 0.1) is 0 Å². The number of ether oxygens (including phenoxy) is 1. The summed E-state index contributed by atoms with van der Waals surface area (Å²) >= 11 is 0. The number of nitrogens with one attached hydrogen (secondary N) is 2. The maximum atomic E-state index is 12.5. The van der Waals surface area contributed by atoms with E-state index in [1.807, 2.05) is 43.0 Å². The number of carbonyl (C=O) groups is 2. The Morgan fingerprint density at radius 3 is 2.71 bits per heavy atom. The molecule has 2 N–H and O–H groups in total. The number of urea groups is 1. The second-order valence-corrected chi connectivity index (χ2v) is 7.01. The Balaban J connectivity index is 1.52. The molecule has 0 saturated carbocycles. The summed E-state index contributed by atoms with van der Waals surface area (Å²) in [5.41, 5.74) is 2.94.